The topological polar surface area (TPSA) is 85.2 Å². The molecule has 1 saturated carbocycles. The van der Waals surface area contributed by atoms with E-state index >= 15 is 0 Å². The molecule has 5 atom stereocenters. The van der Waals surface area contributed by atoms with E-state index in [0.29, 0.717) is 13.0 Å². The highest BCUT2D eigenvalue weighted by molar-refractivity contribution is 5.87. The summed E-state index contributed by atoms with van der Waals surface area (Å²) in [5, 5.41) is 20.0. The highest BCUT2D eigenvalue weighted by Gasteiger charge is 2.63. The fourth-order valence-electron chi connectivity index (χ4n) is 4.11. The third-order valence-corrected chi connectivity index (χ3v) is 5.21. The van der Waals surface area contributed by atoms with Gasteiger partial charge in [-0.2, -0.15) is 0 Å². The maximum atomic E-state index is 12.1. The van der Waals surface area contributed by atoms with Crippen LogP contribution in [0.5, 0.6) is 5.75 Å². The maximum absolute atomic E-state index is 12.1. The van der Waals surface area contributed by atoms with Crippen molar-refractivity contribution in [2.45, 2.75) is 30.8 Å². The molecular formula is C18H20O6. The average Bonchev–Trinajstić information content (AvgIpc) is 3.05. The predicted molar refractivity (Wildman–Crippen MR) is 83.9 cm³/mol. The molecule has 3 aliphatic rings. The van der Waals surface area contributed by atoms with Crippen molar-refractivity contribution in [3.63, 3.8) is 0 Å². The highest BCUT2D eigenvalue weighted by Crippen LogP contribution is 2.52. The van der Waals surface area contributed by atoms with Crippen LogP contribution >= 0.6 is 0 Å². The number of ether oxygens (including phenoxy) is 3. The van der Waals surface area contributed by atoms with Gasteiger partial charge in [0.1, 0.15) is 11.9 Å². The Labute approximate surface area is 139 Å². The minimum Gasteiger partial charge on any atom is -0.508 e. The third-order valence-electron chi connectivity index (χ3n) is 5.21. The molecule has 4 rings (SSSR count). The number of phenolic OH excluding ortho intramolecular Hbond substituents is 1. The van der Waals surface area contributed by atoms with E-state index in [4.69, 9.17) is 14.2 Å². The van der Waals surface area contributed by atoms with Gasteiger partial charge in [-0.1, -0.05) is 12.1 Å². The van der Waals surface area contributed by atoms with Crippen LogP contribution in [0, 0.1) is 11.8 Å². The van der Waals surface area contributed by atoms with Crippen LogP contribution in [0.2, 0.25) is 0 Å². The highest BCUT2D eigenvalue weighted by atomic mass is 16.7. The van der Waals surface area contributed by atoms with Crippen molar-refractivity contribution in [2.24, 2.45) is 11.8 Å². The second-order valence-electron chi connectivity index (χ2n) is 6.74. The van der Waals surface area contributed by atoms with Crippen LogP contribution < -0.4 is 0 Å². The predicted octanol–water partition coefficient (Wildman–Crippen LogP) is 1.46. The first kappa shape index (κ1) is 15.6. The molecule has 0 amide bonds. The van der Waals surface area contributed by atoms with Crippen LogP contribution in [-0.4, -0.2) is 47.4 Å². The molecular weight excluding hydrogens is 312 g/mol. The van der Waals surface area contributed by atoms with Crippen LogP contribution in [0.25, 0.3) is 6.08 Å². The summed E-state index contributed by atoms with van der Waals surface area (Å²) in [5.41, 5.74) is -0.160. The summed E-state index contributed by atoms with van der Waals surface area (Å²) >= 11 is 0. The molecule has 1 aromatic carbocycles. The van der Waals surface area contributed by atoms with Gasteiger partial charge in [-0.3, -0.25) is 0 Å². The minimum atomic E-state index is -0.957. The number of benzene rings is 1. The summed E-state index contributed by atoms with van der Waals surface area (Å²) in [6.07, 6.45) is 3.46. The zero-order valence-corrected chi connectivity index (χ0v) is 13.1. The Balaban J connectivity index is 1.42. The Hall–Kier alpha value is -1.89. The number of carbonyl (C=O) groups is 1. The summed E-state index contributed by atoms with van der Waals surface area (Å²) in [6, 6.07) is 6.53. The zero-order chi connectivity index (χ0) is 16.7. The van der Waals surface area contributed by atoms with Gasteiger partial charge in [0, 0.05) is 24.3 Å². The Morgan fingerprint density at radius 3 is 2.88 bits per heavy atom. The zero-order valence-electron chi connectivity index (χ0n) is 13.1. The SMILES string of the molecule is O=C(/C=C/c1ccc(O)cc1)O[C@@H]1C[C@@]2(O)CO[C@H]3OCC[C@@H]1[C@H]32. The number of hydrogen-bond acceptors (Lipinski definition) is 6. The van der Waals surface area contributed by atoms with Crippen LogP contribution in [0.3, 0.4) is 0 Å². The fourth-order valence-corrected chi connectivity index (χ4v) is 4.11. The normalized spacial score (nSPS) is 37.5. The lowest BCUT2D eigenvalue weighted by Crippen LogP contribution is -2.41. The molecule has 24 heavy (non-hydrogen) atoms. The summed E-state index contributed by atoms with van der Waals surface area (Å²) in [7, 11) is 0. The van der Waals surface area contributed by atoms with Gasteiger partial charge in [0.05, 0.1) is 18.8 Å². The van der Waals surface area contributed by atoms with E-state index in [0.717, 1.165) is 12.0 Å². The summed E-state index contributed by atoms with van der Waals surface area (Å²) in [6.45, 7) is 0.787. The lowest BCUT2D eigenvalue weighted by Gasteiger charge is -2.33. The van der Waals surface area contributed by atoms with Gasteiger partial charge in [-0.05, 0) is 30.2 Å². The van der Waals surface area contributed by atoms with Crippen LogP contribution in [0.4, 0.5) is 0 Å². The molecule has 3 fully saturated rings. The number of aromatic hydroxyl groups is 1. The quantitative estimate of drug-likeness (QED) is 0.644. The smallest absolute Gasteiger partial charge is 0.331 e. The number of rotatable bonds is 3. The number of phenols is 1. The first-order chi connectivity index (χ1) is 11.5. The van der Waals surface area contributed by atoms with Crippen LogP contribution in [0.1, 0.15) is 18.4 Å². The molecule has 1 aliphatic carbocycles. The molecule has 1 aromatic rings. The number of aliphatic hydroxyl groups is 1. The third kappa shape index (κ3) is 2.70. The Morgan fingerprint density at radius 2 is 2.08 bits per heavy atom. The molecule has 0 spiro atoms. The van der Waals surface area contributed by atoms with E-state index in [1.165, 1.54) is 6.08 Å². The average molecular weight is 332 g/mol. The largest absolute Gasteiger partial charge is 0.508 e. The van der Waals surface area contributed by atoms with Gasteiger partial charge in [0.2, 0.25) is 0 Å². The molecule has 0 aromatic heterocycles. The molecule has 2 heterocycles. The van der Waals surface area contributed by atoms with E-state index < -0.39 is 11.6 Å². The summed E-state index contributed by atoms with van der Waals surface area (Å²) in [4.78, 5) is 12.1. The van der Waals surface area contributed by atoms with Crippen LogP contribution in [-0.2, 0) is 19.0 Å². The molecule has 0 unspecified atom stereocenters. The van der Waals surface area contributed by atoms with Crippen LogP contribution in [0.15, 0.2) is 30.3 Å². The maximum Gasteiger partial charge on any atom is 0.331 e. The van der Waals surface area contributed by atoms with Gasteiger partial charge in [0.15, 0.2) is 6.29 Å². The van der Waals surface area contributed by atoms with Crippen molar-refractivity contribution in [2.75, 3.05) is 13.2 Å². The second kappa shape index (κ2) is 5.88. The minimum absolute atomic E-state index is 0.0715. The van der Waals surface area contributed by atoms with Gasteiger partial charge >= 0.3 is 5.97 Å². The standard InChI is InChI=1S/C18H20O6/c19-12-4-1-11(2-5-12)3-6-15(20)24-14-9-18(21)10-23-17-16(18)13(14)7-8-22-17/h1-6,13-14,16-17,19,21H,7-10H2/b6-3+/t13-,14+,16+,17+,18+/m0/s1. The second-order valence-corrected chi connectivity index (χ2v) is 6.74. The molecule has 2 aliphatic heterocycles. The first-order valence-electron chi connectivity index (χ1n) is 8.18. The molecule has 2 N–H and O–H groups in total. The Kier molecular flexibility index (Phi) is 3.83. The van der Waals surface area contributed by atoms with Crippen molar-refractivity contribution >= 4 is 12.0 Å². The number of hydrogen-bond donors (Lipinski definition) is 2. The van der Waals surface area contributed by atoms with E-state index in [2.05, 4.69) is 0 Å². The van der Waals surface area contributed by atoms with Gasteiger partial charge in [0.25, 0.3) is 0 Å². The molecule has 0 radical (unpaired) electrons. The Bertz CT molecular complexity index is 654. The van der Waals surface area contributed by atoms with E-state index in [-0.39, 0.29) is 36.6 Å². The van der Waals surface area contributed by atoms with Crippen molar-refractivity contribution in [3.8, 4) is 5.75 Å². The Morgan fingerprint density at radius 1 is 1.29 bits per heavy atom. The summed E-state index contributed by atoms with van der Waals surface area (Å²) in [5.74, 6) is -0.301. The molecule has 6 heteroatoms. The monoisotopic (exact) mass is 332 g/mol. The van der Waals surface area contributed by atoms with Crippen molar-refractivity contribution < 1.29 is 29.2 Å². The lowest BCUT2D eigenvalue weighted by atomic mass is 9.84. The van der Waals surface area contributed by atoms with E-state index in [9.17, 15) is 15.0 Å². The van der Waals surface area contributed by atoms with E-state index in [1.807, 2.05) is 0 Å². The van der Waals surface area contributed by atoms with Gasteiger partial charge in [-0.25, -0.2) is 4.79 Å². The van der Waals surface area contributed by atoms with Gasteiger partial charge in [-0.15, -0.1) is 0 Å². The first-order valence-corrected chi connectivity index (χ1v) is 8.18. The molecule has 0 bridgehead atoms. The fraction of sp³-hybridized carbons (Fsp3) is 0.500. The van der Waals surface area contributed by atoms with Crippen molar-refractivity contribution in [3.05, 3.63) is 35.9 Å². The number of esters is 1. The molecule has 2 saturated heterocycles. The lowest BCUT2D eigenvalue weighted by molar-refractivity contribution is -0.180. The van der Waals surface area contributed by atoms with Crippen molar-refractivity contribution in [1.29, 1.82) is 0 Å². The van der Waals surface area contributed by atoms with Crippen molar-refractivity contribution in [1.82, 2.24) is 0 Å². The van der Waals surface area contributed by atoms with E-state index in [1.54, 1.807) is 30.3 Å². The summed E-state index contributed by atoms with van der Waals surface area (Å²) < 4.78 is 16.7. The molecule has 6 nitrogen and oxygen atoms in total. The van der Waals surface area contributed by atoms with Gasteiger partial charge < -0.3 is 24.4 Å². The molecule has 128 valence electrons. The number of carbonyl (C=O) groups excluding carboxylic acids is 1.